The number of para-hydroxylation sites is 2. The Morgan fingerprint density at radius 3 is 1.73 bits per heavy atom. The Morgan fingerprint density at radius 1 is 0.531 bits per heavy atom. The summed E-state index contributed by atoms with van der Waals surface area (Å²) >= 11 is 0. The minimum Gasteiger partial charge on any atom is -0.269 e. The number of benzene rings is 5. The number of allylic oxidation sites excluding steroid dienone is 1. The van der Waals surface area contributed by atoms with Crippen LogP contribution < -0.4 is 0 Å². The first-order chi connectivity index (χ1) is 24.1. The fourth-order valence-corrected chi connectivity index (χ4v) is 7.90. The quantitative estimate of drug-likeness (QED) is 0.144. The smallest absolute Gasteiger partial charge is 0.0791 e. The summed E-state index contributed by atoms with van der Waals surface area (Å²) in [6.45, 7) is 6.79. The standard InChI is InChI=1S/C45H34N4/c1-27-26-47-23-20-35(27)32-11-9-13-34(25-32)45-43-29(3)40-36-14-4-6-16-38(36)48-44(33-12-8-10-31(24-33)30-18-21-46-22-19-30)42(40)28(2)41(43)37-15-5-7-17-39(37)49-45/h4-27,35H,1-3H3. The highest BCUT2D eigenvalue weighted by molar-refractivity contribution is 6.25. The highest BCUT2D eigenvalue weighted by atomic mass is 14.7. The van der Waals surface area contributed by atoms with Gasteiger partial charge < -0.3 is 0 Å². The molecule has 0 spiro atoms. The molecule has 9 rings (SSSR count). The molecular weight excluding hydrogens is 597 g/mol. The number of fused-ring (bicyclic) bond motifs is 6. The van der Waals surface area contributed by atoms with Gasteiger partial charge in [-0.25, -0.2) is 9.97 Å². The van der Waals surface area contributed by atoms with E-state index in [9.17, 15) is 0 Å². The number of nitrogens with zero attached hydrogens (tertiary/aromatic N) is 4. The van der Waals surface area contributed by atoms with Crippen molar-refractivity contribution in [2.75, 3.05) is 0 Å². The fraction of sp³-hybridized carbons (Fsp3) is 0.111. The van der Waals surface area contributed by atoms with Gasteiger partial charge in [-0.15, -0.1) is 0 Å². The molecule has 0 fully saturated rings. The molecule has 234 valence electrons. The van der Waals surface area contributed by atoms with Crippen LogP contribution >= 0.6 is 0 Å². The minimum absolute atomic E-state index is 0.272. The Balaban J connectivity index is 1.40. The second-order valence-corrected chi connectivity index (χ2v) is 13.2. The van der Waals surface area contributed by atoms with E-state index in [4.69, 9.17) is 9.97 Å². The molecule has 5 aromatic carbocycles. The molecule has 0 aliphatic carbocycles. The van der Waals surface area contributed by atoms with Crippen molar-refractivity contribution in [2.24, 2.45) is 10.9 Å². The second kappa shape index (κ2) is 11.6. The van der Waals surface area contributed by atoms with Gasteiger partial charge in [-0.1, -0.05) is 85.8 Å². The molecule has 0 bridgehead atoms. The van der Waals surface area contributed by atoms with E-state index in [1.807, 2.05) is 24.8 Å². The van der Waals surface area contributed by atoms with Gasteiger partial charge in [0.1, 0.15) is 0 Å². The predicted molar refractivity (Wildman–Crippen MR) is 205 cm³/mol. The number of hydrogen-bond acceptors (Lipinski definition) is 4. The summed E-state index contributed by atoms with van der Waals surface area (Å²) in [5.41, 5.74) is 12.2. The van der Waals surface area contributed by atoms with Crippen molar-refractivity contribution in [1.82, 2.24) is 15.0 Å². The SMILES string of the molecule is Cc1c2c(-c3cccc(C4C=CN=CC4C)c3)nc3ccccc3c2c(C)c2c(-c3cccc(-c4ccncc4)c3)nc3ccccc3c12. The zero-order valence-electron chi connectivity index (χ0n) is 27.7. The maximum atomic E-state index is 5.43. The average Bonchev–Trinajstić information content (AvgIpc) is 3.16. The van der Waals surface area contributed by atoms with Gasteiger partial charge in [0.05, 0.1) is 22.4 Å². The molecule has 4 heteroatoms. The van der Waals surface area contributed by atoms with E-state index in [-0.39, 0.29) is 5.92 Å². The van der Waals surface area contributed by atoms with E-state index in [1.165, 1.54) is 38.2 Å². The summed E-state index contributed by atoms with van der Waals surface area (Å²) in [5.74, 6) is 0.595. The molecule has 1 aliphatic rings. The lowest BCUT2D eigenvalue weighted by molar-refractivity contribution is 0.682. The van der Waals surface area contributed by atoms with Gasteiger partial charge in [-0.3, -0.25) is 9.98 Å². The average molecular weight is 631 g/mol. The molecule has 0 radical (unpaired) electrons. The van der Waals surface area contributed by atoms with Crippen LogP contribution in [0.1, 0.15) is 29.5 Å². The van der Waals surface area contributed by atoms with Crippen LogP contribution in [0.2, 0.25) is 0 Å². The molecule has 0 saturated carbocycles. The van der Waals surface area contributed by atoms with E-state index in [0.29, 0.717) is 5.92 Å². The van der Waals surface area contributed by atoms with Crippen molar-refractivity contribution in [3.8, 4) is 33.6 Å². The van der Waals surface area contributed by atoms with Crippen molar-refractivity contribution in [2.45, 2.75) is 26.7 Å². The molecule has 2 unspecified atom stereocenters. The fourth-order valence-electron chi connectivity index (χ4n) is 7.90. The van der Waals surface area contributed by atoms with Crippen LogP contribution in [0.3, 0.4) is 0 Å². The summed E-state index contributed by atoms with van der Waals surface area (Å²) in [7, 11) is 0. The lowest BCUT2D eigenvalue weighted by Crippen LogP contribution is -2.11. The number of aliphatic imine (C=N–C) groups is 1. The molecule has 4 nitrogen and oxygen atoms in total. The lowest BCUT2D eigenvalue weighted by atomic mass is 9.84. The van der Waals surface area contributed by atoms with Crippen LogP contribution in [-0.2, 0) is 0 Å². The second-order valence-electron chi connectivity index (χ2n) is 13.2. The molecule has 3 aromatic heterocycles. The third kappa shape index (κ3) is 4.75. The molecule has 4 heterocycles. The Morgan fingerprint density at radius 2 is 1.10 bits per heavy atom. The molecule has 2 atom stereocenters. The lowest BCUT2D eigenvalue weighted by Gasteiger charge is -2.22. The van der Waals surface area contributed by atoms with Gasteiger partial charge in [0.2, 0.25) is 0 Å². The van der Waals surface area contributed by atoms with E-state index in [0.717, 1.165) is 55.4 Å². The third-order valence-corrected chi connectivity index (χ3v) is 10.2. The first-order valence-corrected chi connectivity index (χ1v) is 16.9. The van der Waals surface area contributed by atoms with Crippen LogP contribution in [0.15, 0.2) is 139 Å². The highest BCUT2D eigenvalue weighted by Gasteiger charge is 2.24. The normalized spacial score (nSPS) is 15.9. The van der Waals surface area contributed by atoms with E-state index < -0.39 is 0 Å². The van der Waals surface area contributed by atoms with Gasteiger partial charge in [-0.05, 0) is 88.8 Å². The van der Waals surface area contributed by atoms with Crippen molar-refractivity contribution < 1.29 is 0 Å². The van der Waals surface area contributed by atoms with Crippen LogP contribution in [-0.4, -0.2) is 21.2 Å². The van der Waals surface area contributed by atoms with Gasteiger partial charge in [0.15, 0.2) is 0 Å². The Hall–Kier alpha value is -6.00. The van der Waals surface area contributed by atoms with Gasteiger partial charge >= 0.3 is 0 Å². The summed E-state index contributed by atoms with van der Waals surface area (Å²) in [4.78, 5) is 19.5. The molecule has 0 saturated heterocycles. The monoisotopic (exact) mass is 630 g/mol. The zero-order valence-corrected chi connectivity index (χ0v) is 27.7. The first-order valence-electron chi connectivity index (χ1n) is 16.9. The molecule has 0 N–H and O–H groups in total. The Bertz CT molecular complexity index is 2650. The minimum atomic E-state index is 0.272. The van der Waals surface area contributed by atoms with Crippen LogP contribution in [0.5, 0.6) is 0 Å². The number of pyridine rings is 3. The number of rotatable bonds is 4. The molecule has 1 aliphatic heterocycles. The van der Waals surface area contributed by atoms with Crippen molar-refractivity contribution >= 4 is 49.6 Å². The first kappa shape index (κ1) is 29.2. The molecule has 0 amide bonds. The maximum Gasteiger partial charge on any atom is 0.0791 e. The van der Waals surface area contributed by atoms with Crippen LogP contribution in [0.4, 0.5) is 0 Å². The molecule has 8 aromatic rings. The van der Waals surface area contributed by atoms with E-state index >= 15 is 0 Å². The van der Waals surface area contributed by atoms with E-state index in [1.54, 1.807) is 0 Å². The maximum absolute atomic E-state index is 5.43. The van der Waals surface area contributed by atoms with Crippen molar-refractivity contribution in [3.63, 3.8) is 0 Å². The summed E-state index contributed by atoms with van der Waals surface area (Å²) < 4.78 is 0. The molecule has 49 heavy (non-hydrogen) atoms. The van der Waals surface area contributed by atoms with Gasteiger partial charge in [0, 0.05) is 69.3 Å². The Labute approximate surface area is 285 Å². The summed E-state index contributed by atoms with van der Waals surface area (Å²) in [6, 6.07) is 38.9. The van der Waals surface area contributed by atoms with Gasteiger partial charge in [0.25, 0.3) is 0 Å². The summed E-state index contributed by atoms with van der Waals surface area (Å²) in [6.07, 6.45) is 9.87. The highest BCUT2D eigenvalue weighted by Crippen LogP contribution is 2.46. The molecular formula is C45H34N4. The van der Waals surface area contributed by atoms with E-state index in [2.05, 4.69) is 146 Å². The third-order valence-electron chi connectivity index (χ3n) is 10.2. The largest absolute Gasteiger partial charge is 0.269 e. The topological polar surface area (TPSA) is 51.0 Å². The van der Waals surface area contributed by atoms with Crippen molar-refractivity contribution in [1.29, 1.82) is 0 Å². The van der Waals surface area contributed by atoms with Crippen LogP contribution in [0.25, 0.3) is 77.0 Å². The predicted octanol–water partition coefficient (Wildman–Crippen LogP) is 11.4. The summed E-state index contributed by atoms with van der Waals surface area (Å²) in [5, 5.41) is 7.16. The number of aromatic nitrogens is 3. The number of aryl methyl sites for hydroxylation is 2. The van der Waals surface area contributed by atoms with Gasteiger partial charge in [-0.2, -0.15) is 0 Å². The zero-order chi connectivity index (χ0) is 33.1. The Kier molecular flexibility index (Phi) is 6.91. The van der Waals surface area contributed by atoms with Crippen molar-refractivity contribution in [3.05, 3.63) is 151 Å². The number of hydrogen-bond donors (Lipinski definition) is 0. The van der Waals surface area contributed by atoms with Crippen LogP contribution in [0, 0.1) is 19.8 Å².